The number of carbonyl (C=O) groups is 2. The van der Waals surface area contributed by atoms with Crippen LogP contribution in [0.25, 0.3) is 0 Å². The molecule has 1 fully saturated rings. The number of ketones is 1. The zero-order valence-corrected chi connectivity index (χ0v) is 10.1. The van der Waals surface area contributed by atoms with Gasteiger partial charge in [0.2, 0.25) is 0 Å². The summed E-state index contributed by atoms with van der Waals surface area (Å²) in [6, 6.07) is 0. The van der Waals surface area contributed by atoms with E-state index >= 15 is 0 Å². The molecule has 0 saturated carbocycles. The molecule has 0 aliphatic carbocycles. The third kappa shape index (κ3) is 2.72. The lowest BCUT2D eigenvalue weighted by molar-refractivity contribution is -0.123. The van der Waals surface area contributed by atoms with E-state index in [1.165, 1.54) is 14.0 Å². The van der Waals surface area contributed by atoms with Crippen LogP contribution >= 0.6 is 0 Å². The number of rotatable bonds is 2. The number of ether oxygens (including phenoxy) is 1. The number of methoxy groups -OCH3 is 1. The molecule has 92 valence electrons. The molecule has 1 rings (SSSR count). The zero-order valence-electron chi connectivity index (χ0n) is 9.28. The molecule has 0 aromatic rings. The van der Waals surface area contributed by atoms with Crippen molar-refractivity contribution in [3.8, 4) is 0 Å². The minimum Gasteiger partial charge on any atom is -0.453 e. The number of nitrogens with one attached hydrogen (secondary N) is 1. The molecule has 1 aliphatic heterocycles. The van der Waals surface area contributed by atoms with Gasteiger partial charge in [-0.05, 0) is 19.8 Å². The van der Waals surface area contributed by atoms with Crippen LogP contribution in [0.5, 0.6) is 0 Å². The van der Waals surface area contributed by atoms with E-state index in [9.17, 15) is 18.0 Å². The standard InChI is InChI=1S/C9H15NO5S/c1-7(11)9(10-8(12)15-2)3-5-16(13,14)6-4-9/h3-6H2,1-2H3,(H,10,12). The number of alkyl carbamates (subject to hydrolysis) is 1. The topological polar surface area (TPSA) is 89.5 Å². The monoisotopic (exact) mass is 249 g/mol. The minimum absolute atomic E-state index is 0.0867. The fourth-order valence-electron chi connectivity index (χ4n) is 1.70. The van der Waals surface area contributed by atoms with E-state index in [0.717, 1.165) is 0 Å². The molecule has 0 radical (unpaired) electrons. The zero-order chi connectivity index (χ0) is 12.4. The predicted octanol–water partition coefficient (Wildman–Crippen LogP) is -0.121. The van der Waals surface area contributed by atoms with Crippen LogP contribution in [-0.4, -0.2) is 44.4 Å². The van der Waals surface area contributed by atoms with Crippen LogP contribution in [0.2, 0.25) is 0 Å². The molecule has 1 heterocycles. The molecule has 6 nitrogen and oxygen atoms in total. The molecule has 7 heteroatoms. The van der Waals surface area contributed by atoms with Crippen LogP contribution in [0.15, 0.2) is 0 Å². The van der Waals surface area contributed by atoms with E-state index in [4.69, 9.17) is 0 Å². The molecule has 0 aromatic heterocycles. The van der Waals surface area contributed by atoms with Gasteiger partial charge in [0.15, 0.2) is 15.6 Å². The van der Waals surface area contributed by atoms with Crippen LogP contribution < -0.4 is 5.32 Å². The van der Waals surface area contributed by atoms with Gasteiger partial charge in [0.1, 0.15) is 5.54 Å². The van der Waals surface area contributed by atoms with Gasteiger partial charge in [0.25, 0.3) is 0 Å². The van der Waals surface area contributed by atoms with Crippen molar-refractivity contribution in [2.75, 3.05) is 18.6 Å². The van der Waals surface area contributed by atoms with E-state index in [2.05, 4.69) is 10.1 Å². The Labute approximate surface area is 94.3 Å². The summed E-state index contributed by atoms with van der Waals surface area (Å²) in [5.74, 6) is -0.416. The maximum atomic E-state index is 11.5. The second-order valence-corrected chi connectivity index (χ2v) is 6.21. The number of carbonyl (C=O) groups excluding carboxylic acids is 2. The molecule has 1 aliphatic rings. The maximum absolute atomic E-state index is 11.5. The molecule has 0 spiro atoms. The van der Waals surface area contributed by atoms with Crippen molar-refractivity contribution in [3.63, 3.8) is 0 Å². The van der Waals surface area contributed by atoms with Gasteiger partial charge >= 0.3 is 6.09 Å². The Morgan fingerprint density at radius 1 is 1.25 bits per heavy atom. The van der Waals surface area contributed by atoms with Gasteiger partial charge in [-0.1, -0.05) is 0 Å². The summed E-state index contributed by atoms with van der Waals surface area (Å²) in [6.07, 6.45) is -0.492. The molecular formula is C9H15NO5S. The summed E-state index contributed by atoms with van der Waals surface area (Å²) in [6.45, 7) is 1.34. The molecule has 1 N–H and O–H groups in total. The Morgan fingerprint density at radius 2 is 1.75 bits per heavy atom. The van der Waals surface area contributed by atoms with Crippen molar-refractivity contribution < 1.29 is 22.7 Å². The van der Waals surface area contributed by atoms with Gasteiger partial charge in [0, 0.05) is 0 Å². The third-order valence-electron chi connectivity index (χ3n) is 2.88. The average molecular weight is 249 g/mol. The Kier molecular flexibility index (Phi) is 3.57. The highest BCUT2D eigenvalue weighted by atomic mass is 32.2. The lowest BCUT2D eigenvalue weighted by Crippen LogP contribution is -2.57. The second kappa shape index (κ2) is 4.40. The SMILES string of the molecule is COC(=O)NC1(C(C)=O)CCS(=O)(=O)CC1. The van der Waals surface area contributed by atoms with Crippen LogP contribution in [0.3, 0.4) is 0 Å². The average Bonchev–Trinajstić information content (AvgIpc) is 2.21. The number of amides is 1. The predicted molar refractivity (Wildman–Crippen MR) is 56.8 cm³/mol. The van der Waals surface area contributed by atoms with Crippen molar-refractivity contribution in [1.82, 2.24) is 5.32 Å². The van der Waals surface area contributed by atoms with Crippen LogP contribution in [-0.2, 0) is 19.4 Å². The fourth-order valence-corrected chi connectivity index (χ4v) is 3.22. The van der Waals surface area contributed by atoms with Gasteiger partial charge in [-0.15, -0.1) is 0 Å². The molecule has 1 amide bonds. The highest BCUT2D eigenvalue weighted by molar-refractivity contribution is 7.91. The van der Waals surface area contributed by atoms with E-state index in [0.29, 0.717) is 0 Å². The minimum atomic E-state index is -3.07. The maximum Gasteiger partial charge on any atom is 0.407 e. The molecule has 0 atom stereocenters. The molecular weight excluding hydrogens is 234 g/mol. The first-order valence-corrected chi connectivity index (χ1v) is 6.71. The Morgan fingerprint density at radius 3 is 2.12 bits per heavy atom. The lowest BCUT2D eigenvalue weighted by atomic mass is 9.88. The Balaban J connectivity index is 2.85. The first-order chi connectivity index (χ1) is 7.31. The molecule has 16 heavy (non-hydrogen) atoms. The van der Waals surface area contributed by atoms with Gasteiger partial charge in [-0.3, -0.25) is 4.79 Å². The molecule has 0 unspecified atom stereocenters. The van der Waals surface area contributed by atoms with Gasteiger partial charge in [-0.25, -0.2) is 13.2 Å². The number of sulfone groups is 1. The van der Waals surface area contributed by atoms with E-state index in [-0.39, 0.29) is 30.1 Å². The summed E-state index contributed by atoms with van der Waals surface area (Å²) in [5.41, 5.74) is -1.08. The van der Waals surface area contributed by atoms with E-state index < -0.39 is 21.5 Å². The second-order valence-electron chi connectivity index (χ2n) is 3.91. The number of Topliss-reactive ketones (excluding diaryl/α,β-unsaturated/α-hetero) is 1. The summed E-state index contributed by atoms with van der Waals surface area (Å²) < 4.78 is 27.0. The first kappa shape index (κ1) is 13.0. The van der Waals surface area contributed by atoms with Crippen molar-refractivity contribution in [2.45, 2.75) is 25.3 Å². The number of hydrogen-bond donors (Lipinski definition) is 1. The molecule has 0 aromatic carbocycles. The van der Waals surface area contributed by atoms with E-state index in [1.807, 2.05) is 0 Å². The van der Waals surface area contributed by atoms with Crippen molar-refractivity contribution in [1.29, 1.82) is 0 Å². The Bertz CT molecular complexity index is 386. The Hall–Kier alpha value is -1.11. The van der Waals surface area contributed by atoms with Crippen LogP contribution in [0.4, 0.5) is 4.79 Å². The van der Waals surface area contributed by atoms with Gasteiger partial charge in [0.05, 0.1) is 18.6 Å². The van der Waals surface area contributed by atoms with Crippen LogP contribution in [0.1, 0.15) is 19.8 Å². The summed E-state index contributed by atoms with van der Waals surface area (Å²) in [7, 11) is -1.88. The van der Waals surface area contributed by atoms with Crippen LogP contribution in [0, 0.1) is 0 Å². The smallest absolute Gasteiger partial charge is 0.407 e. The third-order valence-corrected chi connectivity index (χ3v) is 4.53. The highest BCUT2D eigenvalue weighted by Crippen LogP contribution is 2.25. The lowest BCUT2D eigenvalue weighted by Gasteiger charge is -2.34. The number of hydrogen-bond acceptors (Lipinski definition) is 5. The largest absolute Gasteiger partial charge is 0.453 e. The first-order valence-electron chi connectivity index (χ1n) is 4.89. The summed E-state index contributed by atoms with van der Waals surface area (Å²) in [5, 5.41) is 2.44. The molecule has 0 bridgehead atoms. The van der Waals surface area contributed by atoms with Gasteiger partial charge < -0.3 is 10.1 Å². The normalized spacial score (nSPS) is 22.1. The van der Waals surface area contributed by atoms with E-state index in [1.54, 1.807) is 0 Å². The van der Waals surface area contributed by atoms with Crippen molar-refractivity contribution >= 4 is 21.7 Å². The molecule has 1 saturated heterocycles. The van der Waals surface area contributed by atoms with Gasteiger partial charge in [-0.2, -0.15) is 0 Å². The quantitative estimate of drug-likeness (QED) is 0.736. The fraction of sp³-hybridized carbons (Fsp3) is 0.778. The summed E-state index contributed by atoms with van der Waals surface area (Å²) >= 11 is 0. The van der Waals surface area contributed by atoms with Crippen molar-refractivity contribution in [3.05, 3.63) is 0 Å². The van der Waals surface area contributed by atoms with Crippen molar-refractivity contribution in [2.24, 2.45) is 0 Å². The highest BCUT2D eigenvalue weighted by Gasteiger charge is 2.42. The summed E-state index contributed by atoms with van der Waals surface area (Å²) in [4.78, 5) is 22.6.